The van der Waals surface area contributed by atoms with E-state index in [0.717, 1.165) is 32.7 Å². The largest absolute Gasteiger partial charge is 0.262 e. The highest BCUT2D eigenvalue weighted by atomic mass is 35.7. The van der Waals surface area contributed by atoms with Crippen molar-refractivity contribution in [3.8, 4) is 0 Å². The minimum atomic E-state index is -3.91. The second-order valence-corrected chi connectivity index (χ2v) is 12.2. The van der Waals surface area contributed by atoms with Gasteiger partial charge in [0.05, 0.1) is 9.79 Å². The lowest BCUT2D eigenvalue weighted by atomic mass is 10.2. The molecule has 4 nitrogen and oxygen atoms in total. The minimum absolute atomic E-state index is 0.0101. The van der Waals surface area contributed by atoms with Crippen LogP contribution in [0.3, 0.4) is 0 Å². The van der Waals surface area contributed by atoms with Crippen LogP contribution in [0.15, 0.2) is 56.0 Å². The molecule has 2 aromatic rings. The predicted octanol–water partition coefficient (Wildman–Crippen LogP) is 4.96. The van der Waals surface area contributed by atoms with Gasteiger partial charge in [-0.25, -0.2) is 16.8 Å². The topological polar surface area (TPSA) is 68.3 Å². The maximum atomic E-state index is 11.7. The number of hydrogen-bond donors (Lipinski definition) is 0. The summed E-state index contributed by atoms with van der Waals surface area (Å²) in [5, 5.41) is 0. The van der Waals surface area contributed by atoms with Crippen molar-refractivity contribution < 1.29 is 16.8 Å². The minimum Gasteiger partial charge on any atom is -0.207 e. The first-order valence-electron chi connectivity index (χ1n) is 6.43. The van der Waals surface area contributed by atoms with Gasteiger partial charge in [-0.1, -0.05) is 33.7 Å². The molecule has 0 atom stereocenters. The van der Waals surface area contributed by atoms with Gasteiger partial charge in [0.15, 0.2) is 0 Å². The number of halogens is 2. The van der Waals surface area contributed by atoms with Crippen LogP contribution in [-0.2, 0) is 18.1 Å². The maximum absolute atomic E-state index is 11.7. The maximum Gasteiger partial charge on any atom is 0.262 e. The Labute approximate surface area is 158 Å². The molecular formula is C14H12Cl2O4S4. The Kier molecular flexibility index (Phi) is 6.21. The fourth-order valence-electron chi connectivity index (χ4n) is 1.84. The molecule has 0 amide bonds. The molecule has 0 saturated carbocycles. The van der Waals surface area contributed by atoms with Crippen molar-refractivity contribution in [1.82, 2.24) is 0 Å². The Morgan fingerprint density at radius 3 is 1.33 bits per heavy atom. The summed E-state index contributed by atoms with van der Waals surface area (Å²) in [6, 6.07) is 9.71. The number of aryl methyl sites for hydroxylation is 2. The van der Waals surface area contributed by atoms with E-state index >= 15 is 0 Å². The molecule has 0 unspecified atom stereocenters. The van der Waals surface area contributed by atoms with Gasteiger partial charge in [0.2, 0.25) is 0 Å². The Morgan fingerprint density at radius 1 is 0.708 bits per heavy atom. The Balaban J connectivity index is 2.40. The molecule has 0 radical (unpaired) electrons. The van der Waals surface area contributed by atoms with E-state index in [2.05, 4.69) is 0 Å². The van der Waals surface area contributed by atoms with E-state index < -0.39 is 18.1 Å². The van der Waals surface area contributed by atoms with E-state index in [-0.39, 0.29) is 9.79 Å². The van der Waals surface area contributed by atoms with Gasteiger partial charge in [0.1, 0.15) is 0 Å². The van der Waals surface area contributed by atoms with Gasteiger partial charge in [-0.2, -0.15) is 0 Å². The molecule has 0 aliphatic rings. The van der Waals surface area contributed by atoms with Crippen LogP contribution in [0, 0.1) is 13.8 Å². The first kappa shape index (κ1) is 19.9. The predicted molar refractivity (Wildman–Crippen MR) is 100 cm³/mol. The Morgan fingerprint density at radius 2 is 1.04 bits per heavy atom. The molecule has 2 rings (SSSR count). The van der Waals surface area contributed by atoms with Crippen molar-refractivity contribution in [3.63, 3.8) is 0 Å². The van der Waals surface area contributed by atoms with Gasteiger partial charge < -0.3 is 0 Å². The summed E-state index contributed by atoms with van der Waals surface area (Å²) in [7, 11) is 5.33. The molecule has 24 heavy (non-hydrogen) atoms. The average Bonchev–Trinajstić information content (AvgIpc) is 2.45. The van der Waals surface area contributed by atoms with Gasteiger partial charge in [-0.05, 0) is 49.2 Å². The highest BCUT2D eigenvalue weighted by molar-refractivity contribution is 8.76. The number of benzene rings is 2. The molecule has 10 heteroatoms. The second-order valence-electron chi connectivity index (χ2n) is 4.94. The van der Waals surface area contributed by atoms with Crippen molar-refractivity contribution in [1.29, 1.82) is 0 Å². The highest BCUT2D eigenvalue weighted by Gasteiger charge is 2.20. The molecule has 0 aliphatic carbocycles. The molecule has 0 bridgehead atoms. The summed E-state index contributed by atoms with van der Waals surface area (Å²) < 4.78 is 46.9. The summed E-state index contributed by atoms with van der Waals surface area (Å²) in [4.78, 5) is 0.811. The van der Waals surface area contributed by atoms with Crippen molar-refractivity contribution in [2.45, 2.75) is 33.4 Å². The van der Waals surface area contributed by atoms with Crippen LogP contribution in [0.25, 0.3) is 0 Å². The molecule has 0 fully saturated rings. The third-order valence-electron chi connectivity index (χ3n) is 2.95. The van der Waals surface area contributed by atoms with Crippen LogP contribution >= 0.6 is 43.0 Å². The van der Waals surface area contributed by atoms with Gasteiger partial charge in [-0.3, -0.25) is 0 Å². The molecular weight excluding hydrogens is 431 g/mol. The van der Waals surface area contributed by atoms with E-state index in [1.54, 1.807) is 38.1 Å². The fraction of sp³-hybridized carbons (Fsp3) is 0.143. The number of hydrogen-bond acceptors (Lipinski definition) is 6. The van der Waals surface area contributed by atoms with Gasteiger partial charge in [-0.15, -0.1) is 0 Å². The third-order valence-corrected chi connectivity index (χ3v) is 8.41. The highest BCUT2D eigenvalue weighted by Crippen LogP contribution is 2.44. The number of rotatable bonds is 5. The van der Waals surface area contributed by atoms with Gasteiger partial charge >= 0.3 is 0 Å². The first-order valence-corrected chi connectivity index (χ1v) is 13.2. The van der Waals surface area contributed by atoms with Crippen LogP contribution in [-0.4, -0.2) is 16.8 Å². The fourth-order valence-corrected chi connectivity index (χ4v) is 7.49. The van der Waals surface area contributed by atoms with Crippen LogP contribution < -0.4 is 0 Å². The summed E-state index contributed by atoms with van der Waals surface area (Å²) in [6.45, 7) is 3.51. The van der Waals surface area contributed by atoms with Crippen molar-refractivity contribution >= 4 is 61.1 Å². The average molecular weight is 443 g/mol. The normalized spacial score (nSPS) is 12.3. The monoisotopic (exact) mass is 442 g/mol. The van der Waals surface area contributed by atoms with Crippen molar-refractivity contribution in [2.24, 2.45) is 0 Å². The summed E-state index contributed by atoms with van der Waals surface area (Å²) in [5.41, 5.74) is 1.51. The third kappa shape index (κ3) is 5.06. The Bertz CT molecular complexity index is 904. The van der Waals surface area contributed by atoms with E-state index in [1.165, 1.54) is 12.1 Å². The molecule has 2 aromatic carbocycles. The van der Waals surface area contributed by atoms with E-state index in [1.807, 2.05) is 0 Å². The molecule has 0 heterocycles. The quantitative estimate of drug-likeness (QED) is 0.481. The van der Waals surface area contributed by atoms with Crippen LogP contribution in [0.5, 0.6) is 0 Å². The zero-order valence-electron chi connectivity index (χ0n) is 12.5. The smallest absolute Gasteiger partial charge is 0.207 e. The SMILES string of the molecule is Cc1ccc(SSc2ccc(C)cc2S(=O)(=O)Cl)c(S(=O)(=O)Cl)c1. The second kappa shape index (κ2) is 7.47. The molecule has 0 saturated heterocycles. The molecule has 0 aromatic heterocycles. The van der Waals surface area contributed by atoms with E-state index in [0.29, 0.717) is 9.79 Å². The summed E-state index contributed by atoms with van der Waals surface area (Å²) >= 11 is 0. The van der Waals surface area contributed by atoms with Crippen LogP contribution in [0.2, 0.25) is 0 Å². The lowest BCUT2D eigenvalue weighted by Gasteiger charge is -2.09. The lowest BCUT2D eigenvalue weighted by Crippen LogP contribution is -1.95. The zero-order valence-corrected chi connectivity index (χ0v) is 17.3. The van der Waals surface area contributed by atoms with E-state index in [4.69, 9.17) is 21.4 Å². The van der Waals surface area contributed by atoms with Gasteiger partial charge in [0.25, 0.3) is 18.1 Å². The molecule has 0 aliphatic heterocycles. The van der Waals surface area contributed by atoms with Crippen LogP contribution in [0.4, 0.5) is 0 Å². The van der Waals surface area contributed by atoms with Gasteiger partial charge in [0, 0.05) is 31.2 Å². The zero-order chi connectivity index (χ0) is 18.1. The first-order chi connectivity index (χ1) is 11.0. The van der Waals surface area contributed by atoms with Crippen LogP contribution in [0.1, 0.15) is 11.1 Å². The molecule has 0 spiro atoms. The van der Waals surface area contributed by atoms with E-state index in [9.17, 15) is 16.8 Å². The summed E-state index contributed by atoms with van der Waals surface area (Å²) in [5.74, 6) is 0. The van der Waals surface area contributed by atoms with Crippen molar-refractivity contribution in [2.75, 3.05) is 0 Å². The standard InChI is InChI=1S/C14H12Cl2O4S4/c1-9-3-5-11(13(7-9)23(15,17)18)21-22-12-6-4-10(2)8-14(12)24(16,19)20/h3-8H,1-2H3. The summed E-state index contributed by atoms with van der Waals surface area (Å²) in [6.07, 6.45) is 0. The molecule has 130 valence electrons. The van der Waals surface area contributed by atoms with Crippen molar-refractivity contribution in [3.05, 3.63) is 47.5 Å². The lowest BCUT2D eigenvalue weighted by molar-refractivity contribution is 0.606. The Hall–Kier alpha value is -0.380. The molecule has 0 N–H and O–H groups in total.